The van der Waals surface area contributed by atoms with Gasteiger partial charge in [-0.1, -0.05) is 23.7 Å². The van der Waals surface area contributed by atoms with Crippen molar-refractivity contribution in [3.8, 4) is 0 Å². The van der Waals surface area contributed by atoms with E-state index in [0.717, 1.165) is 5.56 Å². The molecule has 21 heavy (non-hydrogen) atoms. The Morgan fingerprint density at radius 2 is 1.71 bits per heavy atom. The molecular formula is C17H17ClN2O. The molecule has 1 N–H and O–H groups in total. The molecule has 1 amide bonds. The van der Waals surface area contributed by atoms with Crippen molar-refractivity contribution in [3.63, 3.8) is 0 Å². The maximum absolute atomic E-state index is 11.9. The number of hydrogen-bond acceptors (Lipinski definition) is 2. The van der Waals surface area contributed by atoms with Crippen molar-refractivity contribution in [3.05, 3.63) is 69.2 Å². The van der Waals surface area contributed by atoms with Gasteiger partial charge in [-0.3, -0.25) is 4.79 Å². The van der Waals surface area contributed by atoms with Crippen molar-refractivity contribution >= 4 is 23.7 Å². The molecule has 0 radical (unpaired) electrons. The maximum atomic E-state index is 11.9. The monoisotopic (exact) mass is 300 g/mol. The molecule has 0 aliphatic carbocycles. The SMILES string of the molecule is Cc1ccc(/C=N\NC(=O)c2ccc(Cl)cc2)c(C)c1C. The third kappa shape index (κ3) is 3.70. The van der Waals surface area contributed by atoms with Crippen LogP contribution in [-0.2, 0) is 0 Å². The van der Waals surface area contributed by atoms with Gasteiger partial charge in [0.05, 0.1) is 6.21 Å². The van der Waals surface area contributed by atoms with Gasteiger partial charge in [-0.25, -0.2) is 5.43 Å². The minimum Gasteiger partial charge on any atom is -0.267 e. The molecule has 0 spiro atoms. The molecule has 3 nitrogen and oxygen atoms in total. The van der Waals surface area contributed by atoms with Crippen LogP contribution in [0.4, 0.5) is 0 Å². The highest BCUT2D eigenvalue weighted by molar-refractivity contribution is 6.30. The van der Waals surface area contributed by atoms with E-state index in [9.17, 15) is 4.79 Å². The van der Waals surface area contributed by atoms with E-state index in [0.29, 0.717) is 10.6 Å². The van der Waals surface area contributed by atoms with Crippen molar-refractivity contribution in [2.24, 2.45) is 5.10 Å². The number of halogens is 1. The van der Waals surface area contributed by atoms with Crippen LogP contribution in [0.5, 0.6) is 0 Å². The smallest absolute Gasteiger partial charge is 0.267 e. The number of nitrogens with zero attached hydrogens (tertiary/aromatic N) is 1. The van der Waals surface area contributed by atoms with Crippen molar-refractivity contribution in [1.82, 2.24) is 5.43 Å². The van der Waals surface area contributed by atoms with Crippen LogP contribution in [0, 0.1) is 20.8 Å². The summed E-state index contributed by atoms with van der Waals surface area (Å²) in [5.41, 5.74) is 7.68. The zero-order chi connectivity index (χ0) is 15.4. The largest absolute Gasteiger partial charge is 0.271 e. The van der Waals surface area contributed by atoms with Gasteiger partial charge in [-0.2, -0.15) is 5.10 Å². The summed E-state index contributed by atoms with van der Waals surface area (Å²) in [5, 5.41) is 4.61. The third-order valence-electron chi connectivity index (χ3n) is 3.58. The fourth-order valence-electron chi connectivity index (χ4n) is 1.94. The summed E-state index contributed by atoms with van der Waals surface area (Å²) in [6.07, 6.45) is 1.66. The van der Waals surface area contributed by atoms with Crippen molar-refractivity contribution in [2.45, 2.75) is 20.8 Å². The molecule has 0 heterocycles. The lowest BCUT2D eigenvalue weighted by molar-refractivity contribution is 0.0955. The summed E-state index contributed by atoms with van der Waals surface area (Å²) in [6, 6.07) is 10.7. The van der Waals surface area contributed by atoms with E-state index in [1.54, 1.807) is 30.5 Å². The molecule has 2 aromatic rings. The van der Waals surface area contributed by atoms with E-state index in [1.807, 2.05) is 19.1 Å². The van der Waals surface area contributed by atoms with Crippen molar-refractivity contribution in [1.29, 1.82) is 0 Å². The van der Waals surface area contributed by atoms with Crippen LogP contribution in [0.1, 0.15) is 32.6 Å². The number of carbonyl (C=O) groups excluding carboxylic acids is 1. The molecule has 0 aromatic heterocycles. The van der Waals surface area contributed by atoms with E-state index in [2.05, 4.69) is 24.4 Å². The van der Waals surface area contributed by atoms with Gasteiger partial charge in [-0.15, -0.1) is 0 Å². The van der Waals surface area contributed by atoms with Crippen LogP contribution in [0.25, 0.3) is 0 Å². The van der Waals surface area contributed by atoms with Gasteiger partial charge in [0.1, 0.15) is 0 Å². The first-order valence-corrected chi connectivity index (χ1v) is 7.02. The average Bonchev–Trinajstić information content (AvgIpc) is 2.48. The Morgan fingerprint density at radius 1 is 1.05 bits per heavy atom. The lowest BCUT2D eigenvalue weighted by Crippen LogP contribution is -2.17. The number of hydrazone groups is 1. The van der Waals surface area contributed by atoms with E-state index in [4.69, 9.17) is 11.6 Å². The van der Waals surface area contributed by atoms with E-state index in [-0.39, 0.29) is 5.91 Å². The summed E-state index contributed by atoms with van der Waals surface area (Å²) in [6.45, 7) is 6.20. The second kappa shape index (κ2) is 6.55. The van der Waals surface area contributed by atoms with Crippen LogP contribution < -0.4 is 5.43 Å². The third-order valence-corrected chi connectivity index (χ3v) is 3.83. The minimum absolute atomic E-state index is 0.260. The van der Waals surface area contributed by atoms with E-state index in [1.165, 1.54) is 16.7 Å². The molecule has 0 atom stereocenters. The summed E-state index contributed by atoms with van der Waals surface area (Å²) in [5.74, 6) is -0.260. The fraction of sp³-hybridized carbons (Fsp3) is 0.176. The van der Waals surface area contributed by atoms with E-state index >= 15 is 0 Å². The number of carbonyl (C=O) groups is 1. The highest BCUT2D eigenvalue weighted by Gasteiger charge is 2.04. The normalized spacial score (nSPS) is 10.9. The molecule has 0 unspecified atom stereocenters. The second-order valence-electron chi connectivity index (χ2n) is 4.93. The van der Waals surface area contributed by atoms with Crippen LogP contribution in [-0.4, -0.2) is 12.1 Å². The van der Waals surface area contributed by atoms with Crippen molar-refractivity contribution < 1.29 is 4.79 Å². The zero-order valence-electron chi connectivity index (χ0n) is 12.3. The first-order valence-electron chi connectivity index (χ1n) is 6.65. The molecule has 108 valence electrons. The van der Waals surface area contributed by atoms with Gasteiger partial charge in [0.15, 0.2) is 0 Å². The number of nitrogens with one attached hydrogen (secondary N) is 1. The molecular weight excluding hydrogens is 284 g/mol. The lowest BCUT2D eigenvalue weighted by Gasteiger charge is -2.07. The van der Waals surface area contributed by atoms with Gasteiger partial charge in [0, 0.05) is 10.6 Å². The van der Waals surface area contributed by atoms with Crippen LogP contribution >= 0.6 is 11.6 Å². The predicted molar refractivity (Wildman–Crippen MR) is 87.2 cm³/mol. The van der Waals surface area contributed by atoms with Gasteiger partial charge in [0.25, 0.3) is 5.91 Å². The Morgan fingerprint density at radius 3 is 2.38 bits per heavy atom. The summed E-state index contributed by atoms with van der Waals surface area (Å²) < 4.78 is 0. The molecule has 0 aliphatic heterocycles. The number of rotatable bonds is 3. The summed E-state index contributed by atoms with van der Waals surface area (Å²) >= 11 is 5.78. The molecule has 2 aromatic carbocycles. The predicted octanol–water partition coefficient (Wildman–Crippen LogP) is 4.03. The number of benzene rings is 2. The number of hydrogen-bond donors (Lipinski definition) is 1. The average molecular weight is 301 g/mol. The fourth-order valence-corrected chi connectivity index (χ4v) is 2.07. The van der Waals surface area contributed by atoms with Crippen LogP contribution in [0.2, 0.25) is 5.02 Å². The van der Waals surface area contributed by atoms with Crippen LogP contribution in [0.3, 0.4) is 0 Å². The second-order valence-corrected chi connectivity index (χ2v) is 5.36. The molecule has 0 bridgehead atoms. The van der Waals surface area contributed by atoms with Gasteiger partial charge in [0.2, 0.25) is 0 Å². The van der Waals surface area contributed by atoms with E-state index < -0.39 is 0 Å². The summed E-state index contributed by atoms with van der Waals surface area (Å²) in [4.78, 5) is 11.9. The maximum Gasteiger partial charge on any atom is 0.271 e. The van der Waals surface area contributed by atoms with Gasteiger partial charge in [-0.05, 0) is 67.3 Å². The Labute approximate surface area is 129 Å². The zero-order valence-corrected chi connectivity index (χ0v) is 13.0. The minimum atomic E-state index is -0.260. The Hall–Kier alpha value is -2.13. The van der Waals surface area contributed by atoms with Crippen molar-refractivity contribution in [2.75, 3.05) is 0 Å². The molecule has 4 heteroatoms. The molecule has 0 aliphatic rings. The van der Waals surface area contributed by atoms with Gasteiger partial charge < -0.3 is 0 Å². The molecule has 0 saturated carbocycles. The molecule has 0 saturated heterocycles. The number of amides is 1. The molecule has 0 fully saturated rings. The highest BCUT2D eigenvalue weighted by atomic mass is 35.5. The van der Waals surface area contributed by atoms with Crippen LogP contribution in [0.15, 0.2) is 41.5 Å². The highest BCUT2D eigenvalue weighted by Crippen LogP contribution is 2.15. The molecule has 2 rings (SSSR count). The number of aryl methyl sites for hydroxylation is 1. The quantitative estimate of drug-likeness (QED) is 0.675. The Bertz CT molecular complexity index is 691. The van der Waals surface area contributed by atoms with Gasteiger partial charge >= 0.3 is 0 Å². The first kappa shape index (κ1) is 15.3. The first-order chi connectivity index (χ1) is 9.99. The Balaban J connectivity index is 2.07. The topological polar surface area (TPSA) is 41.5 Å². The Kier molecular flexibility index (Phi) is 4.76. The lowest BCUT2D eigenvalue weighted by atomic mass is 10.00. The summed E-state index contributed by atoms with van der Waals surface area (Å²) in [7, 11) is 0. The standard InChI is InChI=1S/C17H17ClN2O/c1-11-4-5-15(13(3)12(11)2)10-19-20-17(21)14-6-8-16(18)9-7-14/h4-10H,1-3H3,(H,20,21)/b19-10-.